The van der Waals surface area contributed by atoms with Crippen LogP contribution in [0, 0.1) is 23.5 Å². The van der Waals surface area contributed by atoms with Crippen LogP contribution in [0.1, 0.15) is 30.6 Å². The van der Waals surface area contributed by atoms with Gasteiger partial charge < -0.3 is 20.9 Å². The van der Waals surface area contributed by atoms with Gasteiger partial charge in [-0.3, -0.25) is 19.3 Å². The molecule has 13 heteroatoms. The molecular weight excluding hydrogens is 549 g/mol. The molecule has 2 aromatic carbocycles. The summed E-state index contributed by atoms with van der Waals surface area (Å²) in [6, 6.07) is 6.02. The Labute approximate surface area is 234 Å². The summed E-state index contributed by atoms with van der Waals surface area (Å²) in [7, 11) is 3.29. The van der Waals surface area contributed by atoms with E-state index in [0.29, 0.717) is 13.1 Å². The molecule has 4 atom stereocenters. The van der Waals surface area contributed by atoms with Crippen LogP contribution in [0.4, 0.5) is 33.3 Å². The summed E-state index contributed by atoms with van der Waals surface area (Å²) in [6.07, 6.45) is -5.67. The number of nitrogens with zero attached hydrogens (tertiary/aromatic N) is 2. The summed E-state index contributed by atoms with van der Waals surface area (Å²) in [6.45, 7) is 4.33. The average Bonchev–Trinajstić information content (AvgIpc) is 2.91. The number of piperidine rings is 1. The molecule has 2 aromatic rings. The number of carbonyl (C=O) groups is 3. The molecule has 0 aliphatic carbocycles. The minimum atomic E-state index is -4.79. The first-order chi connectivity index (χ1) is 19.2. The van der Waals surface area contributed by atoms with E-state index in [1.54, 1.807) is 0 Å². The van der Waals surface area contributed by atoms with Gasteiger partial charge in [0.2, 0.25) is 11.8 Å². The van der Waals surface area contributed by atoms with Crippen LogP contribution in [0.3, 0.4) is 0 Å². The van der Waals surface area contributed by atoms with E-state index >= 15 is 4.39 Å². The molecule has 41 heavy (non-hydrogen) atoms. The van der Waals surface area contributed by atoms with Gasteiger partial charge >= 0.3 is 6.18 Å². The maximum Gasteiger partial charge on any atom is 0.393 e. The third-order valence-corrected chi connectivity index (χ3v) is 7.96. The first kappa shape index (κ1) is 30.2. The van der Waals surface area contributed by atoms with E-state index in [1.165, 1.54) is 31.3 Å². The Morgan fingerprint density at radius 2 is 1.68 bits per heavy atom. The zero-order valence-electron chi connectivity index (χ0n) is 23.0. The number of piperazine rings is 1. The molecule has 0 aromatic heterocycles. The van der Waals surface area contributed by atoms with Crippen LogP contribution in [-0.2, 0) is 9.59 Å². The summed E-state index contributed by atoms with van der Waals surface area (Å²) in [5.41, 5.74) is -0.000151. The number of benzene rings is 2. The fourth-order valence-corrected chi connectivity index (χ4v) is 5.37. The van der Waals surface area contributed by atoms with E-state index in [-0.39, 0.29) is 40.1 Å². The first-order valence-corrected chi connectivity index (χ1v) is 13.2. The molecule has 0 saturated carbocycles. The Morgan fingerprint density at radius 1 is 1.02 bits per heavy atom. The minimum Gasteiger partial charge on any atom is -0.367 e. The van der Waals surface area contributed by atoms with Crippen molar-refractivity contribution in [3.05, 3.63) is 47.5 Å². The molecule has 3 amide bonds. The molecule has 2 aliphatic rings. The molecule has 0 bridgehead atoms. The van der Waals surface area contributed by atoms with Gasteiger partial charge in [0.15, 0.2) is 0 Å². The highest BCUT2D eigenvalue weighted by atomic mass is 19.4. The van der Waals surface area contributed by atoms with Crippen molar-refractivity contribution in [3.63, 3.8) is 0 Å². The van der Waals surface area contributed by atoms with Crippen LogP contribution in [0.15, 0.2) is 30.3 Å². The number of likely N-dealkylation sites (N-methyl/N-ethyl adjacent to an activating group) is 1. The lowest BCUT2D eigenvalue weighted by atomic mass is 9.84. The average molecular weight is 582 g/mol. The zero-order valence-corrected chi connectivity index (χ0v) is 23.0. The quantitative estimate of drug-likeness (QED) is 0.468. The van der Waals surface area contributed by atoms with Crippen molar-refractivity contribution >= 4 is 29.1 Å². The summed E-state index contributed by atoms with van der Waals surface area (Å²) < 4.78 is 71.6. The smallest absolute Gasteiger partial charge is 0.367 e. The van der Waals surface area contributed by atoms with Crippen LogP contribution in [-0.4, -0.2) is 74.6 Å². The molecule has 3 N–H and O–H groups in total. The highest BCUT2D eigenvalue weighted by Gasteiger charge is 2.50. The Balaban J connectivity index is 1.77. The van der Waals surface area contributed by atoms with Gasteiger partial charge in [0, 0.05) is 50.7 Å². The zero-order chi connectivity index (χ0) is 30.2. The van der Waals surface area contributed by atoms with Gasteiger partial charge in [-0.25, -0.2) is 8.78 Å². The Kier molecular flexibility index (Phi) is 8.57. The highest BCUT2D eigenvalue weighted by Crippen LogP contribution is 2.40. The summed E-state index contributed by atoms with van der Waals surface area (Å²) in [5.74, 6) is -7.90. The summed E-state index contributed by atoms with van der Waals surface area (Å²) in [4.78, 5) is 40.9. The van der Waals surface area contributed by atoms with Gasteiger partial charge in [0.05, 0.1) is 28.8 Å². The SMILES string of the molecule is CNC(=O)c1ccc(-c2cc(NC(=O)C3CNC(=O)CC3C(F)(F)F)c(N3C[C@@H](C)N(C)[C@@H](C)C3)cc2F)cc1F. The van der Waals surface area contributed by atoms with Crippen molar-refractivity contribution in [1.29, 1.82) is 0 Å². The fourth-order valence-electron chi connectivity index (χ4n) is 5.37. The lowest BCUT2D eigenvalue weighted by Crippen LogP contribution is -2.55. The van der Waals surface area contributed by atoms with Crippen LogP contribution in [0.25, 0.3) is 11.1 Å². The standard InChI is InChI=1S/C28H32F5N5O3/c1-14-12-38(13-15(2)37(14)4)24-10-22(30)18(16-5-6-17(21(29)7-16)26(40)34-3)8-23(24)36-27(41)19-11-35-25(39)9-20(19)28(31,32)33/h5-8,10,14-15,19-20H,9,11-13H2,1-4H3,(H,34,40)(H,35,39)(H,36,41)/t14-,15+,19?,20?. The van der Waals surface area contributed by atoms with Crippen molar-refractivity contribution in [2.24, 2.45) is 11.8 Å². The third-order valence-electron chi connectivity index (χ3n) is 7.96. The molecule has 2 fully saturated rings. The van der Waals surface area contributed by atoms with Gasteiger partial charge in [-0.05, 0) is 50.7 Å². The first-order valence-electron chi connectivity index (χ1n) is 13.2. The number of carbonyl (C=O) groups excluding carboxylic acids is 3. The molecular formula is C28H32F5N5O3. The molecule has 2 unspecified atom stereocenters. The van der Waals surface area contributed by atoms with Gasteiger partial charge in [0.25, 0.3) is 5.91 Å². The Bertz CT molecular complexity index is 1340. The topological polar surface area (TPSA) is 93.8 Å². The number of rotatable bonds is 5. The molecule has 2 heterocycles. The summed E-state index contributed by atoms with van der Waals surface area (Å²) >= 11 is 0. The number of alkyl halides is 3. The molecule has 4 rings (SSSR count). The van der Waals surface area contributed by atoms with Crippen LogP contribution >= 0.6 is 0 Å². The number of hydrogen-bond donors (Lipinski definition) is 3. The van der Waals surface area contributed by atoms with Gasteiger partial charge in [-0.15, -0.1) is 0 Å². The third kappa shape index (κ3) is 6.29. The second kappa shape index (κ2) is 11.6. The number of halogens is 5. The van der Waals surface area contributed by atoms with Crippen molar-refractivity contribution in [3.8, 4) is 11.1 Å². The van der Waals surface area contributed by atoms with Gasteiger partial charge in [-0.2, -0.15) is 13.2 Å². The maximum absolute atomic E-state index is 15.6. The number of nitrogens with one attached hydrogen (secondary N) is 3. The lowest BCUT2D eigenvalue weighted by molar-refractivity contribution is -0.197. The number of amides is 3. The second-order valence-electron chi connectivity index (χ2n) is 10.6. The molecule has 222 valence electrons. The fraction of sp³-hybridized carbons (Fsp3) is 0.464. The van der Waals surface area contributed by atoms with Crippen molar-refractivity contribution in [2.75, 3.05) is 43.9 Å². The van der Waals surface area contributed by atoms with E-state index in [1.807, 2.05) is 25.8 Å². The normalized spacial score (nSPS) is 23.6. The van der Waals surface area contributed by atoms with Crippen molar-refractivity contribution < 1.29 is 36.3 Å². The predicted octanol–water partition coefficient (Wildman–Crippen LogP) is 3.77. The minimum absolute atomic E-state index is 0.0413. The van der Waals surface area contributed by atoms with Crippen LogP contribution in [0.2, 0.25) is 0 Å². The lowest BCUT2D eigenvalue weighted by Gasteiger charge is -2.44. The van der Waals surface area contributed by atoms with Gasteiger partial charge in [0.1, 0.15) is 11.6 Å². The second-order valence-corrected chi connectivity index (χ2v) is 10.6. The molecule has 0 spiro atoms. The highest BCUT2D eigenvalue weighted by molar-refractivity contribution is 5.99. The predicted molar refractivity (Wildman–Crippen MR) is 143 cm³/mol. The van der Waals surface area contributed by atoms with E-state index in [0.717, 1.165) is 6.07 Å². The number of anilines is 2. The van der Waals surface area contributed by atoms with E-state index in [9.17, 15) is 31.9 Å². The van der Waals surface area contributed by atoms with E-state index in [2.05, 4.69) is 20.9 Å². The maximum atomic E-state index is 15.6. The van der Waals surface area contributed by atoms with Crippen molar-refractivity contribution in [2.45, 2.75) is 38.5 Å². The van der Waals surface area contributed by atoms with Crippen LogP contribution < -0.4 is 20.9 Å². The van der Waals surface area contributed by atoms with Crippen molar-refractivity contribution in [1.82, 2.24) is 15.5 Å². The molecule has 2 saturated heterocycles. The molecule has 0 radical (unpaired) electrons. The van der Waals surface area contributed by atoms with Gasteiger partial charge in [-0.1, -0.05) is 6.07 Å². The number of hydrogen-bond acceptors (Lipinski definition) is 5. The Morgan fingerprint density at radius 3 is 2.27 bits per heavy atom. The molecule has 2 aliphatic heterocycles. The van der Waals surface area contributed by atoms with Crippen LogP contribution in [0.5, 0.6) is 0 Å². The van der Waals surface area contributed by atoms with E-state index in [4.69, 9.17) is 0 Å². The molecule has 8 nitrogen and oxygen atoms in total. The Hall–Kier alpha value is -3.74. The monoisotopic (exact) mass is 581 g/mol. The largest absolute Gasteiger partial charge is 0.393 e. The summed E-state index contributed by atoms with van der Waals surface area (Å²) in [5, 5.41) is 7.18. The van der Waals surface area contributed by atoms with E-state index < -0.39 is 60.3 Å².